The van der Waals surface area contributed by atoms with Gasteiger partial charge in [0.2, 0.25) is 5.88 Å². The van der Waals surface area contributed by atoms with Crippen LogP contribution in [0.25, 0.3) is 0 Å². The maximum Gasteiger partial charge on any atom is 0.218 e. The Morgan fingerprint density at radius 3 is 2.80 bits per heavy atom. The van der Waals surface area contributed by atoms with E-state index in [1.165, 1.54) is 10.4 Å². The monoisotopic (exact) mass is 474 g/mol. The lowest BCUT2D eigenvalue weighted by atomic mass is 10.3. The van der Waals surface area contributed by atoms with Gasteiger partial charge in [0.15, 0.2) is 5.96 Å². The largest absolute Gasteiger partial charge is 0.477 e. The van der Waals surface area contributed by atoms with E-state index in [1.54, 1.807) is 17.5 Å². The van der Waals surface area contributed by atoms with Crippen molar-refractivity contribution in [2.24, 2.45) is 4.99 Å². The Bertz CT molecular complexity index is 660. The normalized spacial score (nSPS) is 10.9. The number of hydrogen-bond donors (Lipinski definition) is 2. The lowest BCUT2D eigenvalue weighted by Crippen LogP contribution is -2.36. The van der Waals surface area contributed by atoms with Crippen molar-refractivity contribution in [3.63, 3.8) is 0 Å². The van der Waals surface area contributed by atoms with Crippen molar-refractivity contribution in [2.45, 2.75) is 40.3 Å². The number of hydrogen-bond acceptors (Lipinski definition) is 4. The molecule has 0 atom stereocenters. The Labute approximate surface area is 171 Å². The maximum atomic E-state index is 5.69. The number of aryl methyl sites for hydroxylation is 1. The molecule has 0 aliphatic rings. The number of pyridine rings is 1. The molecule has 0 aliphatic carbocycles. The fraction of sp³-hybridized carbons (Fsp3) is 0.444. The fourth-order valence-electron chi connectivity index (χ4n) is 2.13. The van der Waals surface area contributed by atoms with Crippen LogP contribution >= 0.6 is 35.3 Å². The van der Waals surface area contributed by atoms with Gasteiger partial charge in [0.1, 0.15) is 0 Å². The van der Waals surface area contributed by atoms with Crippen LogP contribution < -0.4 is 15.4 Å². The molecule has 0 radical (unpaired) electrons. The second-order valence-corrected chi connectivity index (χ2v) is 6.39. The molecule has 5 nitrogen and oxygen atoms in total. The van der Waals surface area contributed by atoms with Crippen LogP contribution in [0.1, 0.15) is 36.3 Å². The van der Waals surface area contributed by atoms with Crippen molar-refractivity contribution in [3.8, 4) is 5.88 Å². The molecule has 138 valence electrons. The van der Waals surface area contributed by atoms with Crippen molar-refractivity contribution in [1.82, 2.24) is 15.6 Å². The summed E-state index contributed by atoms with van der Waals surface area (Å²) in [6.45, 7) is 9.08. The average Bonchev–Trinajstić information content (AvgIpc) is 3.01. The summed E-state index contributed by atoms with van der Waals surface area (Å²) in [7, 11) is 0. The van der Waals surface area contributed by atoms with Gasteiger partial charge in [-0.15, -0.1) is 35.3 Å². The highest BCUT2D eigenvalue weighted by molar-refractivity contribution is 14.0. The van der Waals surface area contributed by atoms with E-state index in [-0.39, 0.29) is 24.0 Å². The van der Waals surface area contributed by atoms with E-state index >= 15 is 0 Å². The lowest BCUT2D eigenvalue weighted by Gasteiger charge is -2.12. The summed E-state index contributed by atoms with van der Waals surface area (Å²) in [4.78, 5) is 10.3. The van der Waals surface area contributed by atoms with Crippen LogP contribution in [-0.2, 0) is 13.1 Å². The van der Waals surface area contributed by atoms with Crippen LogP contribution in [0.5, 0.6) is 5.88 Å². The molecule has 25 heavy (non-hydrogen) atoms. The minimum atomic E-state index is 0. The van der Waals surface area contributed by atoms with Gasteiger partial charge in [-0.05, 0) is 43.3 Å². The summed E-state index contributed by atoms with van der Waals surface area (Å²) < 4.78 is 5.69. The fourth-order valence-corrected chi connectivity index (χ4v) is 2.97. The predicted molar refractivity (Wildman–Crippen MR) is 116 cm³/mol. The predicted octanol–water partition coefficient (Wildman–Crippen LogP) is 4.11. The first-order chi connectivity index (χ1) is 11.7. The van der Waals surface area contributed by atoms with Crippen LogP contribution in [-0.4, -0.2) is 24.1 Å². The third-order valence-corrected chi connectivity index (χ3v) is 4.45. The molecule has 0 amide bonds. The van der Waals surface area contributed by atoms with Crippen LogP contribution in [0.4, 0.5) is 0 Å². The summed E-state index contributed by atoms with van der Waals surface area (Å²) >= 11 is 1.76. The van der Waals surface area contributed by atoms with E-state index in [0.29, 0.717) is 19.0 Å². The molecule has 0 aliphatic heterocycles. The molecule has 0 saturated carbocycles. The van der Waals surface area contributed by atoms with Gasteiger partial charge in [0.05, 0.1) is 19.7 Å². The summed E-state index contributed by atoms with van der Waals surface area (Å²) in [6.07, 6.45) is 2.71. The quantitative estimate of drug-likeness (QED) is 0.344. The number of rotatable bonds is 8. The first-order valence-corrected chi connectivity index (χ1v) is 9.24. The molecular formula is C18H27IN4OS. The Morgan fingerprint density at radius 1 is 1.28 bits per heavy atom. The highest BCUT2D eigenvalue weighted by Gasteiger charge is 2.06. The molecule has 2 heterocycles. The third-order valence-electron chi connectivity index (χ3n) is 3.43. The van der Waals surface area contributed by atoms with E-state index in [1.807, 2.05) is 12.1 Å². The van der Waals surface area contributed by atoms with Crippen molar-refractivity contribution in [2.75, 3.05) is 13.2 Å². The first-order valence-electron chi connectivity index (χ1n) is 8.36. The minimum Gasteiger partial charge on any atom is -0.477 e. The Hall–Kier alpha value is -1.35. The van der Waals surface area contributed by atoms with E-state index < -0.39 is 0 Å². The van der Waals surface area contributed by atoms with Gasteiger partial charge in [-0.25, -0.2) is 9.98 Å². The van der Waals surface area contributed by atoms with E-state index in [9.17, 15) is 0 Å². The second-order valence-electron chi connectivity index (χ2n) is 5.39. The van der Waals surface area contributed by atoms with Crippen molar-refractivity contribution < 1.29 is 4.74 Å². The molecule has 0 spiro atoms. The molecule has 2 N–H and O–H groups in total. The molecule has 0 aromatic carbocycles. The zero-order chi connectivity index (χ0) is 17.2. The minimum absolute atomic E-state index is 0. The van der Waals surface area contributed by atoms with Gasteiger partial charge in [-0.2, -0.15) is 0 Å². The van der Waals surface area contributed by atoms with Crippen LogP contribution in [0.15, 0.2) is 34.8 Å². The third kappa shape index (κ3) is 7.19. The van der Waals surface area contributed by atoms with Crippen molar-refractivity contribution >= 4 is 41.3 Å². The number of nitrogens with one attached hydrogen (secondary N) is 2. The SMILES string of the molecule is CCCOc1ncccc1CN=C(NCC)NCc1sccc1C.I. The van der Waals surface area contributed by atoms with E-state index in [4.69, 9.17) is 4.74 Å². The van der Waals surface area contributed by atoms with Crippen molar-refractivity contribution in [3.05, 3.63) is 45.8 Å². The number of aliphatic imine (C=N–C) groups is 1. The van der Waals surface area contributed by atoms with Gasteiger partial charge in [0.25, 0.3) is 0 Å². The number of thiophene rings is 1. The molecule has 2 aromatic rings. The topological polar surface area (TPSA) is 58.5 Å². The van der Waals surface area contributed by atoms with Crippen LogP contribution in [0.3, 0.4) is 0 Å². The molecule has 0 saturated heterocycles. The number of ether oxygens (including phenoxy) is 1. The molecule has 0 fully saturated rings. The molecule has 0 unspecified atom stereocenters. The smallest absolute Gasteiger partial charge is 0.218 e. The van der Waals surface area contributed by atoms with Gasteiger partial charge in [-0.3, -0.25) is 0 Å². The highest BCUT2D eigenvalue weighted by atomic mass is 127. The zero-order valence-electron chi connectivity index (χ0n) is 15.0. The number of aromatic nitrogens is 1. The van der Waals surface area contributed by atoms with Crippen LogP contribution in [0, 0.1) is 6.92 Å². The summed E-state index contributed by atoms with van der Waals surface area (Å²) in [6, 6.07) is 6.06. The van der Waals surface area contributed by atoms with Crippen molar-refractivity contribution in [1.29, 1.82) is 0 Å². The Kier molecular flexibility index (Phi) is 10.5. The summed E-state index contributed by atoms with van der Waals surface area (Å²) in [5.41, 5.74) is 2.31. The molecule has 2 rings (SSSR count). The van der Waals surface area contributed by atoms with Gasteiger partial charge in [-0.1, -0.05) is 13.0 Å². The van der Waals surface area contributed by atoms with Gasteiger partial charge in [0, 0.05) is 23.2 Å². The summed E-state index contributed by atoms with van der Waals surface area (Å²) in [5, 5.41) is 8.78. The zero-order valence-corrected chi connectivity index (χ0v) is 18.2. The molecule has 2 aromatic heterocycles. The van der Waals surface area contributed by atoms with Gasteiger partial charge >= 0.3 is 0 Å². The Balaban J connectivity index is 0.00000312. The number of nitrogens with zero attached hydrogens (tertiary/aromatic N) is 2. The molecular weight excluding hydrogens is 447 g/mol. The lowest BCUT2D eigenvalue weighted by molar-refractivity contribution is 0.302. The Morgan fingerprint density at radius 2 is 2.12 bits per heavy atom. The summed E-state index contributed by atoms with van der Waals surface area (Å²) in [5.74, 6) is 1.48. The number of guanidine groups is 1. The van der Waals surface area contributed by atoms with Crippen LogP contribution in [0.2, 0.25) is 0 Å². The van der Waals surface area contributed by atoms with E-state index in [2.05, 4.69) is 52.8 Å². The highest BCUT2D eigenvalue weighted by Crippen LogP contribution is 2.16. The molecule has 7 heteroatoms. The molecule has 0 bridgehead atoms. The number of halogens is 1. The average molecular weight is 474 g/mol. The second kappa shape index (κ2) is 12.1. The first kappa shape index (κ1) is 21.7. The standard InChI is InChI=1S/C18H26N4OS.HI/c1-4-10-23-17-15(7-6-9-20-17)12-21-18(19-5-2)22-13-16-14(3)8-11-24-16;/h6-9,11H,4-5,10,12-13H2,1-3H3,(H2,19,21,22);1H. The maximum absolute atomic E-state index is 5.69. The van der Waals surface area contributed by atoms with Gasteiger partial charge < -0.3 is 15.4 Å². The van der Waals surface area contributed by atoms with E-state index in [0.717, 1.165) is 31.0 Å².